The summed E-state index contributed by atoms with van der Waals surface area (Å²) in [5, 5.41) is 14.6. The van der Waals surface area contributed by atoms with Gasteiger partial charge in [-0.2, -0.15) is 9.48 Å². The van der Waals surface area contributed by atoms with Crippen LogP contribution in [0.4, 0.5) is 4.39 Å². The molecular weight excluding hydrogens is 560 g/mol. The summed E-state index contributed by atoms with van der Waals surface area (Å²) in [5.41, 5.74) is -2.10. The van der Waals surface area contributed by atoms with Crippen LogP contribution in [0.1, 0.15) is 45.8 Å². The predicted molar refractivity (Wildman–Crippen MR) is 147 cm³/mol. The fourth-order valence-corrected chi connectivity index (χ4v) is 5.84. The Labute approximate surface area is 235 Å². The summed E-state index contributed by atoms with van der Waals surface area (Å²) in [6, 6.07) is 11.3. The third-order valence-electron chi connectivity index (χ3n) is 6.51. The zero-order valence-corrected chi connectivity index (χ0v) is 23.6. The second-order valence-electron chi connectivity index (χ2n) is 9.66. The summed E-state index contributed by atoms with van der Waals surface area (Å²) in [7, 11) is -4.31. The molecule has 1 unspecified atom stereocenters. The van der Waals surface area contributed by atoms with Crippen LogP contribution in [0.5, 0.6) is 5.75 Å². The number of aliphatic hydroxyl groups is 1. The van der Waals surface area contributed by atoms with Crippen molar-refractivity contribution in [2.45, 2.75) is 64.0 Å². The Morgan fingerprint density at radius 1 is 1.24 bits per heavy atom. The number of aromatic nitrogens is 2. The molecule has 222 valence electrons. The van der Waals surface area contributed by atoms with Crippen molar-refractivity contribution in [3.05, 3.63) is 75.3 Å². The van der Waals surface area contributed by atoms with E-state index in [4.69, 9.17) is 18.5 Å². The predicted octanol–water partition coefficient (Wildman–Crippen LogP) is 3.39. The molecule has 0 amide bonds. The SMILES string of the molecule is CCCCCOC(=O)[C@H](C)NP(=O)(OC[C@H]1O[C@@H](n2cc(F)c(=O)[nH]c2=O)C[C@@H]1O)Oc1cccc2ccccc12. The molecule has 1 fully saturated rings. The lowest BCUT2D eigenvalue weighted by atomic mass is 10.1. The van der Waals surface area contributed by atoms with Gasteiger partial charge in [-0.25, -0.2) is 9.36 Å². The minimum Gasteiger partial charge on any atom is -0.465 e. The number of hydrogen-bond donors (Lipinski definition) is 3. The van der Waals surface area contributed by atoms with Crippen LogP contribution in [0.2, 0.25) is 0 Å². The van der Waals surface area contributed by atoms with E-state index in [-0.39, 0.29) is 18.8 Å². The maximum absolute atomic E-state index is 14.0. The standard InChI is InChI=1S/C27H33FN3O9P/c1-3-4-7-13-37-26(34)17(2)30-41(36,40-22-12-8-10-18-9-5-6-11-19(18)22)38-16-23-21(32)14-24(39-23)31-15-20(28)25(33)29-27(31)35/h5-6,8-12,15,17,21,23-24,32H,3-4,7,13-14,16H2,1-2H3,(H,30,36)(H,29,33,35)/t17-,21-,23+,24+,41?/m0/s1. The van der Waals surface area contributed by atoms with Gasteiger partial charge in [0.2, 0.25) is 5.82 Å². The van der Waals surface area contributed by atoms with Crippen LogP contribution in [0.3, 0.4) is 0 Å². The molecule has 0 bridgehead atoms. The summed E-state index contributed by atoms with van der Waals surface area (Å²) in [4.78, 5) is 37.9. The minimum atomic E-state index is -4.31. The van der Waals surface area contributed by atoms with Crippen molar-refractivity contribution in [2.24, 2.45) is 0 Å². The maximum atomic E-state index is 14.0. The first kappa shape index (κ1) is 30.6. The fourth-order valence-electron chi connectivity index (χ4n) is 4.32. The molecule has 1 saturated heterocycles. The molecule has 1 aromatic heterocycles. The summed E-state index contributed by atoms with van der Waals surface area (Å²) in [6.45, 7) is 3.21. The molecule has 2 aromatic carbocycles. The van der Waals surface area contributed by atoms with E-state index in [1.807, 2.05) is 30.1 Å². The third kappa shape index (κ3) is 7.69. The molecule has 0 spiro atoms. The molecule has 3 aromatic rings. The number of carbonyl (C=O) groups is 1. The largest absolute Gasteiger partial charge is 0.465 e. The Balaban J connectivity index is 1.51. The number of aliphatic hydroxyl groups excluding tert-OH is 1. The highest BCUT2D eigenvalue weighted by Gasteiger charge is 2.40. The quantitative estimate of drug-likeness (QED) is 0.152. The number of hydrogen-bond acceptors (Lipinski definition) is 9. The number of halogens is 1. The molecule has 1 aliphatic rings. The summed E-state index contributed by atoms with van der Waals surface area (Å²) >= 11 is 0. The fraction of sp³-hybridized carbons (Fsp3) is 0.444. The number of aromatic amines is 1. The molecule has 0 radical (unpaired) electrons. The second-order valence-corrected chi connectivity index (χ2v) is 11.4. The van der Waals surface area contributed by atoms with Crippen LogP contribution in [0, 0.1) is 5.82 Å². The van der Waals surface area contributed by atoms with Crippen molar-refractivity contribution >= 4 is 24.5 Å². The van der Waals surface area contributed by atoms with Gasteiger partial charge >= 0.3 is 19.4 Å². The average Bonchev–Trinajstić information content (AvgIpc) is 3.32. The van der Waals surface area contributed by atoms with Crippen LogP contribution in [0.25, 0.3) is 10.8 Å². The van der Waals surface area contributed by atoms with Crippen molar-refractivity contribution < 1.29 is 37.4 Å². The van der Waals surface area contributed by atoms with E-state index in [9.17, 15) is 28.4 Å². The second kappa shape index (κ2) is 13.5. The summed E-state index contributed by atoms with van der Waals surface area (Å²) < 4.78 is 51.1. The molecule has 14 heteroatoms. The van der Waals surface area contributed by atoms with Gasteiger partial charge in [0.1, 0.15) is 24.1 Å². The van der Waals surface area contributed by atoms with Gasteiger partial charge in [0.25, 0.3) is 5.56 Å². The highest BCUT2D eigenvalue weighted by atomic mass is 31.2. The van der Waals surface area contributed by atoms with Crippen LogP contribution in [-0.4, -0.2) is 52.1 Å². The number of nitrogens with zero attached hydrogens (tertiary/aromatic N) is 1. The van der Waals surface area contributed by atoms with Crippen LogP contribution < -0.4 is 20.9 Å². The van der Waals surface area contributed by atoms with Crippen molar-refractivity contribution in [2.75, 3.05) is 13.2 Å². The number of ether oxygens (including phenoxy) is 2. The zero-order chi connectivity index (χ0) is 29.6. The van der Waals surface area contributed by atoms with E-state index in [0.29, 0.717) is 18.0 Å². The molecule has 2 heterocycles. The van der Waals surface area contributed by atoms with E-state index >= 15 is 0 Å². The highest BCUT2D eigenvalue weighted by Crippen LogP contribution is 2.47. The smallest absolute Gasteiger partial charge is 0.459 e. The molecular formula is C27H33FN3O9P. The van der Waals surface area contributed by atoms with Crippen LogP contribution in [0.15, 0.2) is 58.3 Å². The number of nitrogens with one attached hydrogen (secondary N) is 2. The van der Waals surface area contributed by atoms with Crippen LogP contribution >= 0.6 is 7.75 Å². The Kier molecular flexibility index (Phi) is 10.1. The van der Waals surface area contributed by atoms with Crippen LogP contribution in [-0.2, 0) is 23.4 Å². The Bertz CT molecular complexity index is 1520. The lowest BCUT2D eigenvalue weighted by Crippen LogP contribution is -2.36. The van der Waals surface area contributed by atoms with Gasteiger partial charge in [0.15, 0.2) is 0 Å². The number of carbonyl (C=O) groups excluding carboxylic acids is 1. The van der Waals surface area contributed by atoms with Gasteiger partial charge in [-0.05, 0) is 24.8 Å². The first-order valence-electron chi connectivity index (χ1n) is 13.3. The Hall–Kier alpha value is -3.35. The first-order chi connectivity index (χ1) is 19.6. The molecule has 4 rings (SSSR count). The number of H-pyrrole nitrogens is 1. The molecule has 12 nitrogen and oxygen atoms in total. The van der Waals surface area contributed by atoms with E-state index in [2.05, 4.69) is 5.09 Å². The van der Waals surface area contributed by atoms with Crippen molar-refractivity contribution in [1.29, 1.82) is 0 Å². The molecule has 0 saturated carbocycles. The monoisotopic (exact) mass is 593 g/mol. The van der Waals surface area contributed by atoms with Gasteiger partial charge in [-0.1, -0.05) is 56.2 Å². The normalized spacial score (nSPS) is 20.9. The van der Waals surface area contributed by atoms with Gasteiger partial charge in [0, 0.05) is 11.8 Å². The number of rotatable bonds is 13. The number of benzene rings is 2. The average molecular weight is 594 g/mol. The zero-order valence-electron chi connectivity index (χ0n) is 22.7. The molecule has 41 heavy (non-hydrogen) atoms. The summed E-state index contributed by atoms with van der Waals surface area (Å²) in [6.07, 6.45) is -0.346. The van der Waals surface area contributed by atoms with Crippen molar-refractivity contribution in [3.63, 3.8) is 0 Å². The molecule has 0 aliphatic carbocycles. The Morgan fingerprint density at radius 2 is 2.00 bits per heavy atom. The number of esters is 1. The molecule has 5 atom stereocenters. The summed E-state index contributed by atoms with van der Waals surface area (Å²) in [5.74, 6) is -1.62. The van der Waals surface area contributed by atoms with Crippen molar-refractivity contribution in [1.82, 2.24) is 14.6 Å². The first-order valence-corrected chi connectivity index (χ1v) is 14.9. The number of unbranched alkanes of at least 4 members (excludes halogenated alkanes) is 2. The topological polar surface area (TPSA) is 158 Å². The lowest BCUT2D eigenvalue weighted by molar-refractivity contribution is -0.145. The molecule has 3 N–H and O–H groups in total. The van der Waals surface area contributed by atoms with E-state index in [0.717, 1.165) is 22.8 Å². The molecule has 1 aliphatic heterocycles. The maximum Gasteiger partial charge on any atom is 0.459 e. The van der Waals surface area contributed by atoms with Gasteiger partial charge < -0.3 is 19.1 Å². The van der Waals surface area contributed by atoms with Crippen molar-refractivity contribution in [3.8, 4) is 5.75 Å². The van der Waals surface area contributed by atoms with E-state index in [1.165, 1.54) is 6.92 Å². The highest BCUT2D eigenvalue weighted by molar-refractivity contribution is 7.52. The van der Waals surface area contributed by atoms with Gasteiger partial charge in [0.05, 0.1) is 25.5 Å². The number of fused-ring (bicyclic) bond motifs is 1. The van der Waals surface area contributed by atoms with E-state index < -0.39 is 61.9 Å². The minimum absolute atomic E-state index is 0.137. The van der Waals surface area contributed by atoms with Gasteiger partial charge in [-0.15, -0.1) is 0 Å². The Morgan fingerprint density at radius 3 is 2.78 bits per heavy atom. The third-order valence-corrected chi connectivity index (χ3v) is 8.14. The van der Waals surface area contributed by atoms with Gasteiger partial charge in [-0.3, -0.25) is 23.7 Å². The lowest BCUT2D eigenvalue weighted by Gasteiger charge is -2.25. The van der Waals surface area contributed by atoms with E-state index in [1.54, 1.807) is 24.3 Å².